The Kier molecular flexibility index (Phi) is 4.34. The molecule has 0 fully saturated rings. The lowest BCUT2D eigenvalue weighted by Gasteiger charge is -2.10. The lowest BCUT2D eigenvalue weighted by molar-refractivity contribution is 0.410. The van der Waals surface area contributed by atoms with E-state index in [1.807, 2.05) is 0 Å². The van der Waals surface area contributed by atoms with Crippen molar-refractivity contribution in [3.63, 3.8) is 0 Å². The number of nitrogens with zero attached hydrogens (tertiary/aromatic N) is 3. The molecule has 0 unspecified atom stereocenters. The van der Waals surface area contributed by atoms with Gasteiger partial charge in [-0.25, -0.2) is 23.1 Å². The van der Waals surface area contributed by atoms with Crippen molar-refractivity contribution in [2.45, 2.75) is 0 Å². The number of H-pyrrole nitrogens is 1. The molecule has 0 aliphatic carbocycles. The second kappa shape index (κ2) is 6.84. The Morgan fingerprint density at radius 1 is 0.786 bits per heavy atom. The number of halogens is 5. The summed E-state index contributed by atoms with van der Waals surface area (Å²) in [6, 6.07) is 6.74. The normalized spacial score (nSPS) is 11.0. The number of rotatable bonds is 3. The van der Waals surface area contributed by atoms with Gasteiger partial charge in [0.05, 0.1) is 17.0 Å². The summed E-state index contributed by atoms with van der Waals surface area (Å²) in [5, 5.41) is 0. The molecule has 0 saturated heterocycles. The first-order chi connectivity index (χ1) is 13.5. The molecule has 28 heavy (non-hydrogen) atoms. The van der Waals surface area contributed by atoms with Crippen molar-refractivity contribution in [1.82, 2.24) is 19.9 Å². The molecule has 4 aromatic rings. The van der Waals surface area contributed by atoms with E-state index >= 15 is 0 Å². The van der Waals surface area contributed by atoms with Crippen molar-refractivity contribution in [2.24, 2.45) is 0 Å². The molecule has 3 aromatic heterocycles. The second-order valence-electron chi connectivity index (χ2n) is 5.75. The minimum Gasteiger partial charge on any atom is -0.360 e. The lowest BCUT2D eigenvalue weighted by atomic mass is 9.97. The molecule has 1 aromatic carbocycles. The standard InChI is InChI=1S/C19H9F5N4/c20-10-3-1-9(2-4-10)17-13(12-5-6-25-8-27-12)11(7-26-17)14-15(21)18(23)28-19(24)16(14)22/h1-8,26H. The van der Waals surface area contributed by atoms with Crippen molar-refractivity contribution in [3.8, 4) is 33.6 Å². The SMILES string of the molecule is Fc1ccc(-c2[nH]cc(-c3c(F)c(F)nc(F)c3F)c2-c2ccncn2)cc1. The van der Waals surface area contributed by atoms with Gasteiger partial charge in [-0.1, -0.05) is 0 Å². The van der Waals surface area contributed by atoms with Gasteiger partial charge < -0.3 is 4.98 Å². The van der Waals surface area contributed by atoms with Gasteiger partial charge in [0, 0.05) is 23.5 Å². The molecular weight excluding hydrogens is 379 g/mol. The number of hydrogen-bond acceptors (Lipinski definition) is 3. The largest absolute Gasteiger partial charge is 0.360 e. The van der Waals surface area contributed by atoms with Crippen LogP contribution in [-0.2, 0) is 0 Å². The van der Waals surface area contributed by atoms with Gasteiger partial charge in [0.25, 0.3) is 11.9 Å². The fourth-order valence-electron chi connectivity index (χ4n) is 2.89. The first kappa shape index (κ1) is 17.8. The zero-order chi connectivity index (χ0) is 19.8. The number of nitrogens with one attached hydrogen (secondary N) is 1. The van der Waals surface area contributed by atoms with Crippen LogP contribution in [0.3, 0.4) is 0 Å². The number of benzene rings is 1. The molecule has 0 spiro atoms. The first-order valence-electron chi connectivity index (χ1n) is 7.91. The molecule has 140 valence electrons. The summed E-state index contributed by atoms with van der Waals surface area (Å²) in [7, 11) is 0. The summed E-state index contributed by atoms with van der Waals surface area (Å²) in [6.45, 7) is 0. The van der Waals surface area contributed by atoms with E-state index in [-0.39, 0.29) is 16.8 Å². The summed E-state index contributed by atoms with van der Waals surface area (Å²) in [5.74, 6) is -7.30. The fourth-order valence-corrected chi connectivity index (χ4v) is 2.89. The average molecular weight is 388 g/mol. The number of aromatic amines is 1. The Balaban J connectivity index is 2.04. The number of hydrogen-bond donors (Lipinski definition) is 1. The van der Waals surface area contributed by atoms with Crippen molar-refractivity contribution >= 4 is 0 Å². The van der Waals surface area contributed by atoms with Crippen LogP contribution in [0.15, 0.2) is 49.1 Å². The molecule has 0 aliphatic rings. The van der Waals surface area contributed by atoms with Crippen LogP contribution in [0.25, 0.3) is 33.6 Å². The maximum absolute atomic E-state index is 14.3. The van der Waals surface area contributed by atoms with Gasteiger partial charge in [-0.2, -0.15) is 13.8 Å². The highest BCUT2D eigenvalue weighted by Gasteiger charge is 2.27. The summed E-state index contributed by atoms with van der Waals surface area (Å²) in [4.78, 5) is 13.2. The van der Waals surface area contributed by atoms with Crippen molar-refractivity contribution in [3.05, 3.63) is 78.4 Å². The highest BCUT2D eigenvalue weighted by molar-refractivity contribution is 5.92. The van der Waals surface area contributed by atoms with E-state index in [2.05, 4.69) is 19.9 Å². The summed E-state index contributed by atoms with van der Waals surface area (Å²) in [6.07, 6.45) is 3.80. The third kappa shape index (κ3) is 2.90. The Hall–Kier alpha value is -3.62. The quantitative estimate of drug-likeness (QED) is 0.401. The molecule has 9 heteroatoms. The van der Waals surface area contributed by atoms with Crippen LogP contribution in [0.4, 0.5) is 22.0 Å². The van der Waals surface area contributed by atoms with E-state index in [1.54, 1.807) is 0 Å². The molecule has 0 saturated carbocycles. The van der Waals surface area contributed by atoms with Gasteiger partial charge in [0.1, 0.15) is 12.1 Å². The molecule has 4 nitrogen and oxygen atoms in total. The molecule has 1 N–H and O–H groups in total. The van der Waals surface area contributed by atoms with Gasteiger partial charge in [-0.15, -0.1) is 0 Å². The van der Waals surface area contributed by atoms with Gasteiger partial charge in [-0.3, -0.25) is 0 Å². The fraction of sp³-hybridized carbons (Fsp3) is 0. The molecule has 0 radical (unpaired) electrons. The van der Waals surface area contributed by atoms with E-state index < -0.39 is 34.9 Å². The summed E-state index contributed by atoms with van der Waals surface area (Å²) < 4.78 is 69.3. The van der Waals surface area contributed by atoms with Crippen LogP contribution in [0.5, 0.6) is 0 Å². The van der Waals surface area contributed by atoms with E-state index in [0.717, 1.165) is 0 Å². The molecule has 4 rings (SSSR count). The second-order valence-corrected chi connectivity index (χ2v) is 5.75. The minimum atomic E-state index is -1.77. The van der Waals surface area contributed by atoms with Gasteiger partial charge in [-0.05, 0) is 35.9 Å². The molecule has 3 heterocycles. The third-order valence-corrected chi connectivity index (χ3v) is 4.12. The monoisotopic (exact) mass is 388 g/mol. The van der Waals surface area contributed by atoms with Crippen LogP contribution in [-0.4, -0.2) is 19.9 Å². The average Bonchev–Trinajstić information content (AvgIpc) is 3.12. The Morgan fingerprint density at radius 3 is 2.07 bits per heavy atom. The summed E-state index contributed by atoms with van der Waals surface area (Å²) in [5.41, 5.74) is 0.0949. The molecular formula is C19H9F5N4. The minimum absolute atomic E-state index is 0.164. The number of aromatic nitrogens is 4. The zero-order valence-electron chi connectivity index (χ0n) is 13.9. The maximum Gasteiger partial charge on any atom is 0.252 e. The Labute approximate surface area is 154 Å². The molecule has 0 aliphatic heterocycles. The van der Waals surface area contributed by atoms with Gasteiger partial charge in [0.2, 0.25) is 0 Å². The number of pyridine rings is 1. The van der Waals surface area contributed by atoms with E-state index in [0.29, 0.717) is 11.3 Å². The first-order valence-corrected chi connectivity index (χ1v) is 7.91. The van der Waals surface area contributed by atoms with Crippen molar-refractivity contribution in [1.29, 1.82) is 0 Å². The van der Waals surface area contributed by atoms with Crippen molar-refractivity contribution < 1.29 is 22.0 Å². The van der Waals surface area contributed by atoms with Gasteiger partial charge in [0.15, 0.2) is 11.6 Å². The van der Waals surface area contributed by atoms with Crippen LogP contribution < -0.4 is 0 Å². The van der Waals surface area contributed by atoms with Gasteiger partial charge >= 0.3 is 0 Å². The van der Waals surface area contributed by atoms with Crippen LogP contribution >= 0.6 is 0 Å². The Bertz CT molecular complexity index is 1130. The topological polar surface area (TPSA) is 54.5 Å². The molecule has 0 bridgehead atoms. The smallest absolute Gasteiger partial charge is 0.252 e. The predicted molar refractivity (Wildman–Crippen MR) is 90.3 cm³/mol. The summed E-state index contributed by atoms with van der Waals surface area (Å²) >= 11 is 0. The van der Waals surface area contributed by atoms with E-state index in [9.17, 15) is 22.0 Å². The van der Waals surface area contributed by atoms with E-state index in [4.69, 9.17) is 0 Å². The molecule has 0 atom stereocenters. The van der Waals surface area contributed by atoms with Crippen LogP contribution in [0.1, 0.15) is 0 Å². The van der Waals surface area contributed by atoms with Crippen molar-refractivity contribution in [2.75, 3.05) is 0 Å². The van der Waals surface area contributed by atoms with Crippen LogP contribution in [0, 0.1) is 29.3 Å². The predicted octanol–water partition coefficient (Wildman–Crippen LogP) is 4.90. The van der Waals surface area contributed by atoms with E-state index in [1.165, 1.54) is 49.1 Å². The molecule has 0 amide bonds. The zero-order valence-corrected chi connectivity index (χ0v) is 13.9. The van der Waals surface area contributed by atoms with Crippen LogP contribution in [0.2, 0.25) is 0 Å². The maximum atomic E-state index is 14.3. The highest BCUT2D eigenvalue weighted by Crippen LogP contribution is 2.41. The Morgan fingerprint density at radius 2 is 1.46 bits per heavy atom. The highest BCUT2D eigenvalue weighted by atomic mass is 19.2. The third-order valence-electron chi connectivity index (χ3n) is 4.12. The lowest BCUT2D eigenvalue weighted by Crippen LogP contribution is -2.03.